The van der Waals surface area contributed by atoms with Gasteiger partial charge >= 0.3 is 12.1 Å². The van der Waals surface area contributed by atoms with E-state index in [0.29, 0.717) is 6.42 Å². The van der Waals surface area contributed by atoms with Crippen molar-refractivity contribution in [3.05, 3.63) is 12.2 Å². The minimum atomic E-state index is -4.32. The van der Waals surface area contributed by atoms with Crippen molar-refractivity contribution in [1.82, 2.24) is 0 Å². The van der Waals surface area contributed by atoms with Crippen LogP contribution in [0.5, 0.6) is 0 Å². The molecule has 0 heterocycles. The summed E-state index contributed by atoms with van der Waals surface area (Å²) in [6.07, 6.45) is -0.595. The summed E-state index contributed by atoms with van der Waals surface area (Å²) in [5, 5.41) is 0. The topological polar surface area (TPSA) is 26.3 Å². The van der Waals surface area contributed by atoms with E-state index in [-0.39, 0.29) is 12.5 Å². The molecule has 0 unspecified atom stereocenters. The zero-order valence-corrected chi connectivity index (χ0v) is 8.83. The first kappa shape index (κ1) is 11.5. The van der Waals surface area contributed by atoms with E-state index >= 15 is 0 Å². The number of carbonyl (C=O) groups is 1. The molecule has 2 bridgehead atoms. The van der Waals surface area contributed by atoms with Crippen LogP contribution in [0.25, 0.3) is 0 Å². The lowest BCUT2D eigenvalue weighted by molar-refractivity contribution is -0.201. The van der Waals surface area contributed by atoms with Crippen molar-refractivity contribution in [2.75, 3.05) is 6.61 Å². The van der Waals surface area contributed by atoms with Gasteiger partial charge in [0.15, 0.2) is 0 Å². The molecule has 2 rings (SSSR count). The maximum atomic E-state index is 12.8. The molecule has 16 heavy (non-hydrogen) atoms. The van der Waals surface area contributed by atoms with Gasteiger partial charge in [-0.2, -0.15) is 13.2 Å². The average Bonchev–Trinajstić information content (AvgIpc) is 2.74. The number of ether oxygens (including phenoxy) is 1. The largest absolute Gasteiger partial charge is 0.466 e. The quantitative estimate of drug-likeness (QED) is 0.542. The highest BCUT2D eigenvalue weighted by molar-refractivity contribution is 5.74. The van der Waals surface area contributed by atoms with Gasteiger partial charge in [-0.1, -0.05) is 12.2 Å². The fourth-order valence-corrected chi connectivity index (χ4v) is 2.83. The molecule has 0 saturated heterocycles. The maximum absolute atomic E-state index is 12.8. The van der Waals surface area contributed by atoms with Gasteiger partial charge in [-0.15, -0.1) is 0 Å². The molecule has 0 aromatic carbocycles. The van der Waals surface area contributed by atoms with Gasteiger partial charge in [-0.05, 0) is 25.2 Å². The molecular weight excluding hydrogens is 221 g/mol. The van der Waals surface area contributed by atoms with Crippen molar-refractivity contribution in [2.24, 2.45) is 23.7 Å². The Bertz CT molecular complexity index is 322. The zero-order valence-electron chi connectivity index (χ0n) is 8.83. The van der Waals surface area contributed by atoms with Crippen LogP contribution in [-0.2, 0) is 9.53 Å². The van der Waals surface area contributed by atoms with Crippen LogP contribution in [0.1, 0.15) is 13.3 Å². The smallest absolute Gasteiger partial charge is 0.393 e. The van der Waals surface area contributed by atoms with Crippen LogP contribution in [0.4, 0.5) is 13.2 Å². The van der Waals surface area contributed by atoms with Gasteiger partial charge in [0.25, 0.3) is 0 Å². The van der Waals surface area contributed by atoms with Crippen LogP contribution in [0.3, 0.4) is 0 Å². The summed E-state index contributed by atoms with van der Waals surface area (Å²) in [4.78, 5) is 11.5. The fraction of sp³-hybridized carbons (Fsp3) is 0.727. The van der Waals surface area contributed by atoms with E-state index in [4.69, 9.17) is 4.74 Å². The second-order valence-corrected chi connectivity index (χ2v) is 4.29. The molecule has 2 aliphatic rings. The first-order chi connectivity index (χ1) is 7.45. The van der Waals surface area contributed by atoms with E-state index in [0.717, 1.165) is 0 Å². The van der Waals surface area contributed by atoms with Crippen molar-refractivity contribution in [3.63, 3.8) is 0 Å². The Morgan fingerprint density at radius 3 is 2.56 bits per heavy atom. The van der Waals surface area contributed by atoms with Crippen LogP contribution in [0.15, 0.2) is 12.2 Å². The Balaban J connectivity index is 2.22. The third-order valence-corrected chi connectivity index (χ3v) is 3.40. The van der Waals surface area contributed by atoms with Crippen LogP contribution in [-0.4, -0.2) is 18.8 Å². The Morgan fingerprint density at radius 2 is 2.00 bits per heavy atom. The van der Waals surface area contributed by atoms with Gasteiger partial charge in [0.05, 0.1) is 18.4 Å². The van der Waals surface area contributed by atoms with Gasteiger partial charge < -0.3 is 4.74 Å². The normalized spacial score (nSPS) is 36.8. The summed E-state index contributed by atoms with van der Waals surface area (Å²) in [6, 6.07) is 0. The highest BCUT2D eigenvalue weighted by Crippen LogP contribution is 2.54. The second-order valence-electron chi connectivity index (χ2n) is 4.29. The molecule has 0 radical (unpaired) electrons. The summed E-state index contributed by atoms with van der Waals surface area (Å²) < 4.78 is 43.2. The summed E-state index contributed by atoms with van der Waals surface area (Å²) in [5.41, 5.74) is 0. The number of fused-ring (bicyclic) bond motifs is 2. The second kappa shape index (κ2) is 3.79. The number of hydrogen-bond donors (Lipinski definition) is 0. The first-order valence-corrected chi connectivity index (χ1v) is 5.36. The lowest BCUT2D eigenvalue weighted by atomic mass is 9.82. The zero-order chi connectivity index (χ0) is 11.9. The summed E-state index contributed by atoms with van der Waals surface area (Å²) in [7, 11) is 0. The van der Waals surface area contributed by atoms with E-state index in [1.54, 1.807) is 19.1 Å². The Hall–Kier alpha value is -1.00. The van der Waals surface area contributed by atoms with Crippen LogP contribution in [0, 0.1) is 23.7 Å². The highest BCUT2D eigenvalue weighted by Gasteiger charge is 2.59. The molecule has 2 nitrogen and oxygen atoms in total. The summed E-state index contributed by atoms with van der Waals surface area (Å²) >= 11 is 0. The van der Waals surface area contributed by atoms with Crippen LogP contribution < -0.4 is 0 Å². The van der Waals surface area contributed by atoms with Crippen molar-refractivity contribution in [1.29, 1.82) is 0 Å². The van der Waals surface area contributed by atoms with E-state index < -0.39 is 29.9 Å². The van der Waals surface area contributed by atoms with Crippen molar-refractivity contribution < 1.29 is 22.7 Å². The number of carbonyl (C=O) groups excluding carboxylic acids is 1. The minimum Gasteiger partial charge on any atom is -0.466 e. The van der Waals surface area contributed by atoms with Gasteiger partial charge in [0, 0.05) is 0 Å². The maximum Gasteiger partial charge on any atom is 0.393 e. The lowest BCUT2D eigenvalue weighted by Gasteiger charge is -2.28. The van der Waals surface area contributed by atoms with E-state index in [9.17, 15) is 18.0 Å². The van der Waals surface area contributed by atoms with Crippen molar-refractivity contribution >= 4 is 5.97 Å². The molecule has 1 fully saturated rings. The van der Waals surface area contributed by atoms with Crippen molar-refractivity contribution in [3.8, 4) is 0 Å². The number of alkyl halides is 3. The van der Waals surface area contributed by atoms with E-state index in [2.05, 4.69) is 0 Å². The lowest BCUT2D eigenvalue weighted by Crippen LogP contribution is -2.38. The standard InChI is InChI=1S/C11H13F3O2/c1-2-16-10(15)8-6-3-4-7(5-6)9(8)11(12,13)14/h3-4,6-9H,2,5H2,1H3/t6-,7+,8-,9+/m0/s1. The number of hydrogen-bond acceptors (Lipinski definition) is 2. The molecule has 0 aromatic rings. The molecule has 1 saturated carbocycles. The molecular formula is C11H13F3O2. The third-order valence-electron chi connectivity index (χ3n) is 3.40. The number of rotatable bonds is 2. The minimum absolute atomic E-state index is 0.126. The molecule has 0 aromatic heterocycles. The van der Waals surface area contributed by atoms with Gasteiger partial charge in [0.1, 0.15) is 0 Å². The molecule has 2 aliphatic carbocycles. The van der Waals surface area contributed by atoms with Crippen LogP contribution in [0.2, 0.25) is 0 Å². The third kappa shape index (κ3) is 1.72. The monoisotopic (exact) mass is 234 g/mol. The van der Waals surface area contributed by atoms with Gasteiger partial charge in [-0.3, -0.25) is 4.79 Å². The predicted molar refractivity (Wildman–Crippen MR) is 50.4 cm³/mol. The summed E-state index contributed by atoms with van der Waals surface area (Å²) in [5.74, 6) is -4.13. The Morgan fingerprint density at radius 1 is 1.38 bits per heavy atom. The van der Waals surface area contributed by atoms with E-state index in [1.165, 1.54) is 0 Å². The fourth-order valence-electron chi connectivity index (χ4n) is 2.83. The predicted octanol–water partition coefficient (Wildman–Crippen LogP) is 2.55. The SMILES string of the molecule is CCOC(=O)[C@@H]1[C@H](C(F)(F)F)[C@@H]2C=C[C@H]1C2. The molecule has 0 aliphatic heterocycles. The van der Waals surface area contributed by atoms with Crippen LogP contribution >= 0.6 is 0 Å². The van der Waals surface area contributed by atoms with Gasteiger partial charge in [-0.25, -0.2) is 0 Å². The molecule has 0 amide bonds. The molecule has 0 N–H and O–H groups in total. The molecule has 4 atom stereocenters. The number of esters is 1. The first-order valence-electron chi connectivity index (χ1n) is 5.36. The Kier molecular flexibility index (Phi) is 2.72. The molecule has 90 valence electrons. The summed E-state index contributed by atoms with van der Waals surface area (Å²) in [6.45, 7) is 1.73. The average molecular weight is 234 g/mol. The number of halogens is 3. The highest BCUT2D eigenvalue weighted by atomic mass is 19.4. The molecule has 5 heteroatoms. The van der Waals surface area contributed by atoms with E-state index in [1.807, 2.05) is 0 Å². The van der Waals surface area contributed by atoms with Crippen molar-refractivity contribution in [2.45, 2.75) is 19.5 Å². The Labute approximate surface area is 91.5 Å². The number of allylic oxidation sites excluding steroid dienone is 2. The van der Waals surface area contributed by atoms with Gasteiger partial charge in [0.2, 0.25) is 0 Å². The molecule has 0 spiro atoms.